The maximum atomic E-state index is 14.0. The fraction of sp³-hybridized carbons (Fsp3) is 0.381. The molecule has 5 nitrogen and oxygen atoms in total. The Balaban J connectivity index is 1.53. The Kier molecular flexibility index (Phi) is 5.36. The first-order chi connectivity index (χ1) is 13.2. The molecule has 1 amide bonds. The second-order valence-electron chi connectivity index (χ2n) is 6.87. The molecule has 4 rings (SSSR count). The van der Waals surface area contributed by atoms with Crippen molar-refractivity contribution in [1.82, 2.24) is 4.90 Å². The summed E-state index contributed by atoms with van der Waals surface area (Å²) in [7, 11) is 0. The molecule has 0 saturated carbocycles. The van der Waals surface area contributed by atoms with Gasteiger partial charge in [0.2, 0.25) is 5.91 Å². The predicted molar refractivity (Wildman–Crippen MR) is 104 cm³/mol. The van der Waals surface area contributed by atoms with Gasteiger partial charge in [0.15, 0.2) is 0 Å². The van der Waals surface area contributed by atoms with Gasteiger partial charge in [-0.05, 0) is 30.3 Å². The summed E-state index contributed by atoms with van der Waals surface area (Å²) in [5, 5.41) is 0. The normalized spacial score (nSPS) is 17.7. The monoisotopic (exact) mass is 369 g/mol. The molecule has 0 N–H and O–H groups in total. The number of rotatable bonds is 4. The van der Waals surface area contributed by atoms with Crippen molar-refractivity contribution in [1.29, 1.82) is 0 Å². The molecular formula is C21H24FN3O2. The Morgan fingerprint density at radius 3 is 2.52 bits per heavy atom. The van der Waals surface area contributed by atoms with Crippen molar-refractivity contribution in [2.75, 3.05) is 55.7 Å². The standard InChI is InChI=1S/C21H24FN3O2/c22-17-6-7-19-20(16-17)24(18-4-2-1-3-5-18)10-11-25(19)21(26)8-9-23-12-14-27-15-13-23/h1-7,16H,8-15H2. The largest absolute Gasteiger partial charge is 0.379 e. The van der Waals surface area contributed by atoms with Crippen molar-refractivity contribution in [3.63, 3.8) is 0 Å². The van der Waals surface area contributed by atoms with E-state index < -0.39 is 0 Å². The summed E-state index contributed by atoms with van der Waals surface area (Å²) in [4.78, 5) is 19.0. The van der Waals surface area contributed by atoms with Crippen molar-refractivity contribution in [2.45, 2.75) is 6.42 Å². The van der Waals surface area contributed by atoms with Crippen LogP contribution in [0.15, 0.2) is 48.5 Å². The number of carbonyl (C=O) groups is 1. The van der Waals surface area contributed by atoms with E-state index in [4.69, 9.17) is 4.74 Å². The maximum Gasteiger partial charge on any atom is 0.228 e. The van der Waals surface area contributed by atoms with E-state index in [2.05, 4.69) is 9.80 Å². The summed E-state index contributed by atoms with van der Waals surface area (Å²) in [5.41, 5.74) is 2.52. The average molecular weight is 369 g/mol. The van der Waals surface area contributed by atoms with Crippen LogP contribution in [0.2, 0.25) is 0 Å². The molecule has 0 aliphatic carbocycles. The summed E-state index contributed by atoms with van der Waals surface area (Å²) in [6.45, 7) is 5.17. The number of halogens is 1. The van der Waals surface area contributed by atoms with E-state index >= 15 is 0 Å². The molecule has 6 heteroatoms. The van der Waals surface area contributed by atoms with Crippen molar-refractivity contribution >= 4 is 23.0 Å². The van der Waals surface area contributed by atoms with Crippen LogP contribution in [0.3, 0.4) is 0 Å². The third-order valence-electron chi connectivity index (χ3n) is 5.18. The number of carbonyl (C=O) groups excluding carboxylic acids is 1. The van der Waals surface area contributed by atoms with E-state index in [0.29, 0.717) is 19.5 Å². The number of amides is 1. The highest BCUT2D eigenvalue weighted by molar-refractivity contribution is 5.99. The Hall–Kier alpha value is -2.44. The number of benzene rings is 2. The zero-order valence-electron chi connectivity index (χ0n) is 15.3. The number of anilines is 3. The first kappa shape index (κ1) is 17.9. The van der Waals surface area contributed by atoms with Crippen molar-refractivity contribution < 1.29 is 13.9 Å². The second kappa shape index (κ2) is 8.06. The summed E-state index contributed by atoms with van der Waals surface area (Å²) in [6, 6.07) is 14.6. The average Bonchev–Trinajstić information content (AvgIpc) is 2.72. The number of morpholine rings is 1. The molecule has 2 aliphatic rings. The minimum absolute atomic E-state index is 0.0852. The van der Waals surface area contributed by atoms with E-state index in [1.54, 1.807) is 11.0 Å². The van der Waals surface area contributed by atoms with Crippen LogP contribution >= 0.6 is 0 Å². The van der Waals surface area contributed by atoms with E-state index in [0.717, 1.165) is 49.9 Å². The minimum Gasteiger partial charge on any atom is -0.379 e. The summed E-state index contributed by atoms with van der Waals surface area (Å²) in [6.07, 6.45) is 0.460. The highest BCUT2D eigenvalue weighted by atomic mass is 19.1. The van der Waals surface area contributed by atoms with Gasteiger partial charge in [0.05, 0.1) is 24.6 Å². The molecule has 0 bridgehead atoms. The molecule has 0 unspecified atom stereocenters. The third kappa shape index (κ3) is 3.96. The van der Waals surface area contributed by atoms with Gasteiger partial charge in [-0.3, -0.25) is 9.69 Å². The molecule has 2 aromatic rings. The molecule has 2 heterocycles. The van der Waals surface area contributed by atoms with Gasteiger partial charge < -0.3 is 14.5 Å². The highest BCUT2D eigenvalue weighted by Gasteiger charge is 2.28. The van der Waals surface area contributed by atoms with Crippen LogP contribution in [0.4, 0.5) is 21.5 Å². The van der Waals surface area contributed by atoms with Crippen LogP contribution in [-0.4, -0.2) is 56.7 Å². The molecule has 0 atom stereocenters. The third-order valence-corrected chi connectivity index (χ3v) is 5.18. The number of hydrogen-bond donors (Lipinski definition) is 0. The molecule has 27 heavy (non-hydrogen) atoms. The van der Waals surface area contributed by atoms with Crippen molar-refractivity contribution in [3.05, 3.63) is 54.3 Å². The molecule has 0 aromatic heterocycles. The van der Waals surface area contributed by atoms with E-state index in [1.165, 1.54) is 12.1 Å². The van der Waals surface area contributed by atoms with Gasteiger partial charge in [0.1, 0.15) is 5.82 Å². The van der Waals surface area contributed by atoms with Gasteiger partial charge in [-0.25, -0.2) is 4.39 Å². The number of fused-ring (bicyclic) bond motifs is 1. The quantitative estimate of drug-likeness (QED) is 0.830. The van der Waals surface area contributed by atoms with Gasteiger partial charge in [-0.15, -0.1) is 0 Å². The molecule has 1 fully saturated rings. The Bertz CT molecular complexity index is 793. The molecule has 1 saturated heterocycles. The van der Waals surface area contributed by atoms with Gasteiger partial charge in [0, 0.05) is 44.8 Å². The van der Waals surface area contributed by atoms with Gasteiger partial charge in [-0.2, -0.15) is 0 Å². The Labute approximate surface area is 158 Å². The summed E-state index contributed by atoms with van der Waals surface area (Å²) >= 11 is 0. The lowest BCUT2D eigenvalue weighted by atomic mass is 10.1. The van der Waals surface area contributed by atoms with Crippen LogP contribution in [0.1, 0.15) is 6.42 Å². The Morgan fingerprint density at radius 2 is 1.74 bits per heavy atom. The summed E-state index contributed by atoms with van der Waals surface area (Å²) < 4.78 is 19.3. The Morgan fingerprint density at radius 1 is 0.963 bits per heavy atom. The van der Waals surface area contributed by atoms with Crippen LogP contribution in [0.25, 0.3) is 0 Å². The lowest BCUT2D eigenvalue weighted by Gasteiger charge is -2.38. The smallest absolute Gasteiger partial charge is 0.228 e. The second-order valence-corrected chi connectivity index (χ2v) is 6.87. The zero-order chi connectivity index (χ0) is 18.6. The van der Waals surface area contributed by atoms with E-state index in [9.17, 15) is 9.18 Å². The van der Waals surface area contributed by atoms with Crippen LogP contribution in [0, 0.1) is 5.82 Å². The lowest BCUT2D eigenvalue weighted by Crippen LogP contribution is -2.44. The topological polar surface area (TPSA) is 36.0 Å². The number of para-hydroxylation sites is 1. The van der Waals surface area contributed by atoms with E-state index in [1.807, 2.05) is 30.3 Å². The van der Waals surface area contributed by atoms with Crippen molar-refractivity contribution in [3.8, 4) is 0 Å². The number of nitrogens with zero attached hydrogens (tertiary/aromatic N) is 3. The predicted octanol–water partition coefficient (Wildman–Crippen LogP) is 3.03. The van der Waals surface area contributed by atoms with E-state index in [-0.39, 0.29) is 11.7 Å². The fourth-order valence-corrected chi connectivity index (χ4v) is 3.73. The molecule has 2 aliphatic heterocycles. The van der Waals surface area contributed by atoms with Crippen LogP contribution in [0.5, 0.6) is 0 Å². The molecular weight excluding hydrogens is 345 g/mol. The number of ether oxygens (including phenoxy) is 1. The highest BCUT2D eigenvalue weighted by Crippen LogP contribution is 2.38. The van der Waals surface area contributed by atoms with Gasteiger partial charge in [-0.1, -0.05) is 18.2 Å². The molecule has 142 valence electrons. The first-order valence-electron chi connectivity index (χ1n) is 9.45. The van der Waals surface area contributed by atoms with Gasteiger partial charge in [0.25, 0.3) is 0 Å². The fourth-order valence-electron chi connectivity index (χ4n) is 3.73. The van der Waals surface area contributed by atoms with Crippen LogP contribution < -0.4 is 9.80 Å². The lowest BCUT2D eigenvalue weighted by molar-refractivity contribution is -0.119. The first-order valence-corrected chi connectivity index (χ1v) is 9.45. The molecule has 0 radical (unpaired) electrons. The van der Waals surface area contributed by atoms with Gasteiger partial charge >= 0.3 is 0 Å². The molecule has 0 spiro atoms. The maximum absolute atomic E-state index is 14.0. The SMILES string of the molecule is O=C(CCN1CCOCC1)N1CCN(c2ccccc2)c2cc(F)ccc21. The molecule has 2 aromatic carbocycles. The zero-order valence-corrected chi connectivity index (χ0v) is 15.3. The minimum atomic E-state index is -0.294. The van der Waals surface area contributed by atoms with Crippen LogP contribution in [-0.2, 0) is 9.53 Å². The van der Waals surface area contributed by atoms with Crippen molar-refractivity contribution in [2.24, 2.45) is 0 Å². The number of hydrogen-bond acceptors (Lipinski definition) is 4. The summed E-state index contributed by atoms with van der Waals surface area (Å²) in [5.74, 6) is -0.209.